The lowest BCUT2D eigenvalue weighted by Gasteiger charge is -2.39. The number of unbranched alkanes of at least 4 members (excludes halogenated alkanes) is 1. The highest BCUT2D eigenvalue weighted by Gasteiger charge is 2.46. The third-order valence-corrected chi connectivity index (χ3v) is 4.84. The van der Waals surface area contributed by atoms with E-state index < -0.39 is 23.8 Å². The van der Waals surface area contributed by atoms with E-state index in [4.69, 9.17) is 4.74 Å². The number of halogens is 2. The van der Waals surface area contributed by atoms with Gasteiger partial charge in [0.2, 0.25) is 11.8 Å². The zero-order chi connectivity index (χ0) is 16.9. The molecule has 132 valence electrons. The number of carbonyl (C=O) groups is 2. The summed E-state index contributed by atoms with van der Waals surface area (Å²) in [5.74, 6) is -4.08. The van der Waals surface area contributed by atoms with Crippen LogP contribution in [0.5, 0.6) is 0 Å². The van der Waals surface area contributed by atoms with Crippen molar-refractivity contribution in [3.63, 3.8) is 0 Å². The van der Waals surface area contributed by atoms with Crippen LogP contribution in [0.4, 0.5) is 13.6 Å². The Bertz CT molecular complexity index is 432. The Morgan fingerprint density at radius 3 is 2.83 bits per heavy atom. The highest BCUT2D eigenvalue weighted by molar-refractivity contribution is 5.95. The van der Waals surface area contributed by atoms with Crippen LogP contribution in [0.2, 0.25) is 0 Å². The van der Waals surface area contributed by atoms with Gasteiger partial charge in [-0.05, 0) is 31.1 Å². The van der Waals surface area contributed by atoms with Crippen molar-refractivity contribution in [1.29, 1.82) is 0 Å². The average Bonchev–Trinajstić information content (AvgIpc) is 2.52. The van der Waals surface area contributed by atoms with Crippen LogP contribution in [-0.2, 0) is 9.53 Å². The molecule has 5 nitrogen and oxygen atoms in total. The van der Waals surface area contributed by atoms with E-state index in [-0.39, 0.29) is 31.3 Å². The van der Waals surface area contributed by atoms with Crippen molar-refractivity contribution in [2.75, 3.05) is 19.8 Å². The number of nitrogens with one attached hydrogen (secondary N) is 2. The summed E-state index contributed by atoms with van der Waals surface area (Å²) in [6, 6.07) is -0.557. The molecule has 1 saturated carbocycles. The van der Waals surface area contributed by atoms with Crippen molar-refractivity contribution in [2.45, 2.75) is 51.4 Å². The Hall–Kier alpha value is -1.24. The minimum Gasteiger partial charge on any atom is -0.381 e. The third-order valence-electron chi connectivity index (χ3n) is 4.84. The molecule has 0 aromatic carbocycles. The first-order chi connectivity index (χ1) is 10.9. The minimum atomic E-state index is -2.68. The maximum absolute atomic E-state index is 13.7. The fraction of sp³-hybridized carbons (Fsp3) is 0.875. The van der Waals surface area contributed by atoms with Crippen molar-refractivity contribution in [3.8, 4) is 0 Å². The van der Waals surface area contributed by atoms with E-state index in [1.165, 1.54) is 0 Å². The van der Waals surface area contributed by atoms with Gasteiger partial charge in [-0.1, -0.05) is 13.3 Å². The summed E-state index contributed by atoms with van der Waals surface area (Å²) in [6.45, 7) is 3.07. The number of ether oxygens (including phenoxy) is 1. The molecular formula is C16H26F2N2O3. The lowest BCUT2D eigenvalue weighted by Crippen LogP contribution is -2.46. The van der Waals surface area contributed by atoms with Crippen molar-refractivity contribution >= 4 is 11.9 Å². The molecule has 1 aliphatic heterocycles. The van der Waals surface area contributed by atoms with Crippen LogP contribution in [-0.4, -0.2) is 37.6 Å². The van der Waals surface area contributed by atoms with Crippen LogP contribution in [0.15, 0.2) is 0 Å². The fourth-order valence-electron chi connectivity index (χ4n) is 3.57. The summed E-state index contributed by atoms with van der Waals surface area (Å²) in [6.07, 6.45) is 2.21. The number of fused-ring (bicyclic) bond motifs is 1. The van der Waals surface area contributed by atoms with Crippen LogP contribution in [0.25, 0.3) is 0 Å². The van der Waals surface area contributed by atoms with Crippen molar-refractivity contribution in [2.24, 2.45) is 17.8 Å². The second-order valence-corrected chi connectivity index (χ2v) is 6.59. The number of rotatable bonds is 5. The summed E-state index contributed by atoms with van der Waals surface area (Å²) >= 11 is 0. The Kier molecular flexibility index (Phi) is 6.33. The summed E-state index contributed by atoms with van der Waals surface area (Å²) < 4.78 is 33.1. The third kappa shape index (κ3) is 5.12. The number of alkyl halides is 2. The second-order valence-electron chi connectivity index (χ2n) is 6.59. The van der Waals surface area contributed by atoms with E-state index >= 15 is 0 Å². The van der Waals surface area contributed by atoms with Gasteiger partial charge in [-0.3, -0.25) is 10.1 Å². The molecule has 2 fully saturated rings. The predicted octanol–water partition coefficient (Wildman–Crippen LogP) is 2.70. The van der Waals surface area contributed by atoms with Crippen LogP contribution < -0.4 is 10.6 Å². The van der Waals surface area contributed by atoms with Gasteiger partial charge in [0.25, 0.3) is 0 Å². The molecule has 0 unspecified atom stereocenters. The molecule has 2 N–H and O–H groups in total. The number of urea groups is 1. The number of amides is 3. The molecule has 0 aromatic heterocycles. The van der Waals surface area contributed by atoms with E-state index in [0.717, 1.165) is 12.8 Å². The van der Waals surface area contributed by atoms with Gasteiger partial charge in [0.15, 0.2) is 0 Å². The van der Waals surface area contributed by atoms with Gasteiger partial charge in [-0.15, -0.1) is 0 Å². The van der Waals surface area contributed by atoms with Gasteiger partial charge in [-0.2, -0.15) is 0 Å². The van der Waals surface area contributed by atoms with Crippen molar-refractivity contribution < 1.29 is 23.1 Å². The van der Waals surface area contributed by atoms with E-state index in [9.17, 15) is 18.4 Å². The molecule has 3 amide bonds. The maximum Gasteiger partial charge on any atom is 0.321 e. The molecule has 3 atom stereocenters. The Balaban J connectivity index is 2.11. The topological polar surface area (TPSA) is 67.4 Å². The highest BCUT2D eigenvalue weighted by atomic mass is 19.3. The van der Waals surface area contributed by atoms with Crippen LogP contribution in [0.1, 0.15) is 45.4 Å². The Labute approximate surface area is 135 Å². The predicted molar refractivity (Wildman–Crippen MR) is 81.2 cm³/mol. The van der Waals surface area contributed by atoms with Gasteiger partial charge in [-0.25, -0.2) is 13.6 Å². The first-order valence-electron chi connectivity index (χ1n) is 8.47. The van der Waals surface area contributed by atoms with Gasteiger partial charge >= 0.3 is 6.03 Å². The summed E-state index contributed by atoms with van der Waals surface area (Å²) in [5, 5.41) is 4.87. The molecule has 7 heteroatoms. The highest BCUT2D eigenvalue weighted by Crippen LogP contribution is 2.44. The monoisotopic (exact) mass is 332 g/mol. The smallest absolute Gasteiger partial charge is 0.321 e. The molecule has 0 spiro atoms. The SMILES string of the molecule is CCCCOC[C@@H]1C(=O)NC(=O)NCC[C@@H]2CC(F)(F)CC[C@H]21. The van der Waals surface area contributed by atoms with Crippen LogP contribution >= 0.6 is 0 Å². The maximum atomic E-state index is 13.7. The standard InChI is InChI=1S/C16H26F2N2O3/c1-2-3-8-23-10-13-12-4-6-16(17,18)9-11(12)5-7-19-15(22)20-14(13)21/h11-13H,2-10H2,1H3,(H2,19,20,21,22)/t11-,12-,13+/m1/s1. The molecule has 2 rings (SSSR count). The van der Waals surface area contributed by atoms with Crippen molar-refractivity contribution in [1.82, 2.24) is 10.6 Å². The molecule has 1 heterocycles. The number of hydrogen-bond acceptors (Lipinski definition) is 3. The molecule has 1 saturated heterocycles. The van der Waals surface area contributed by atoms with Gasteiger partial charge in [0.05, 0.1) is 12.5 Å². The van der Waals surface area contributed by atoms with E-state index in [1.54, 1.807) is 0 Å². The summed E-state index contributed by atoms with van der Waals surface area (Å²) in [4.78, 5) is 24.0. The minimum absolute atomic E-state index is 0.163. The van der Waals surface area contributed by atoms with Gasteiger partial charge in [0, 0.05) is 26.0 Å². The van der Waals surface area contributed by atoms with Crippen molar-refractivity contribution in [3.05, 3.63) is 0 Å². The normalized spacial score (nSPS) is 31.2. The zero-order valence-electron chi connectivity index (χ0n) is 13.6. The number of carbonyl (C=O) groups excluding carboxylic acids is 2. The average molecular weight is 332 g/mol. The number of imide groups is 1. The lowest BCUT2D eigenvalue weighted by atomic mass is 9.69. The zero-order valence-corrected chi connectivity index (χ0v) is 13.6. The van der Waals surface area contributed by atoms with E-state index in [0.29, 0.717) is 26.0 Å². The molecule has 0 aromatic rings. The fourth-order valence-corrected chi connectivity index (χ4v) is 3.57. The molecule has 0 bridgehead atoms. The quantitative estimate of drug-likeness (QED) is 0.761. The second kappa shape index (κ2) is 8.04. The Morgan fingerprint density at radius 1 is 1.30 bits per heavy atom. The van der Waals surface area contributed by atoms with E-state index in [2.05, 4.69) is 10.6 Å². The molecule has 23 heavy (non-hydrogen) atoms. The first-order valence-corrected chi connectivity index (χ1v) is 8.47. The molecule has 2 aliphatic rings. The molecule has 1 aliphatic carbocycles. The Morgan fingerprint density at radius 2 is 2.09 bits per heavy atom. The van der Waals surface area contributed by atoms with Gasteiger partial charge < -0.3 is 10.1 Å². The van der Waals surface area contributed by atoms with E-state index in [1.807, 2.05) is 6.92 Å². The largest absolute Gasteiger partial charge is 0.381 e. The van der Waals surface area contributed by atoms with Crippen LogP contribution in [0.3, 0.4) is 0 Å². The first kappa shape index (κ1) is 18.1. The number of hydrogen-bond donors (Lipinski definition) is 2. The lowest BCUT2D eigenvalue weighted by molar-refractivity contribution is -0.134. The summed E-state index contributed by atoms with van der Waals surface area (Å²) in [7, 11) is 0. The molecular weight excluding hydrogens is 306 g/mol. The van der Waals surface area contributed by atoms with Crippen LogP contribution in [0, 0.1) is 17.8 Å². The summed E-state index contributed by atoms with van der Waals surface area (Å²) in [5.41, 5.74) is 0. The van der Waals surface area contributed by atoms with Gasteiger partial charge in [0.1, 0.15) is 0 Å². The molecule has 0 radical (unpaired) electrons.